The van der Waals surface area contributed by atoms with Crippen LogP contribution in [-0.2, 0) is 65.4 Å². The van der Waals surface area contributed by atoms with Crippen LogP contribution in [0.3, 0.4) is 0 Å². The second kappa shape index (κ2) is 82.7. The Bertz CT molecular complexity index is 2150. The zero-order valence-electron chi connectivity index (χ0n) is 74.2. The summed E-state index contributed by atoms with van der Waals surface area (Å²) in [5.41, 5.74) is 0. The molecule has 112 heavy (non-hydrogen) atoms. The molecule has 0 radical (unpaired) electrons. The van der Waals surface area contributed by atoms with Crippen LogP contribution >= 0.6 is 15.6 Å². The van der Waals surface area contributed by atoms with Crippen molar-refractivity contribution in [3.05, 3.63) is 0 Å². The van der Waals surface area contributed by atoms with Crippen molar-refractivity contribution >= 4 is 39.5 Å². The monoisotopic (exact) mass is 1630 g/mol. The molecule has 0 spiro atoms. The highest BCUT2D eigenvalue weighted by atomic mass is 31.2. The summed E-state index contributed by atoms with van der Waals surface area (Å²) in [6.07, 6.45) is 76.5. The number of phosphoric ester groups is 2. The van der Waals surface area contributed by atoms with E-state index in [4.69, 9.17) is 37.0 Å². The summed E-state index contributed by atoms with van der Waals surface area (Å²) in [5, 5.41) is 10.7. The van der Waals surface area contributed by atoms with Crippen molar-refractivity contribution < 1.29 is 80.2 Å². The molecule has 0 bridgehead atoms. The quantitative estimate of drug-likeness (QED) is 0.0222. The number of unbranched alkanes of at least 4 members (excludes halogenated alkanes) is 58. The molecule has 0 saturated heterocycles. The van der Waals surface area contributed by atoms with Crippen molar-refractivity contribution in [3.63, 3.8) is 0 Å². The Morgan fingerprint density at radius 3 is 0.679 bits per heavy atom. The van der Waals surface area contributed by atoms with E-state index in [0.29, 0.717) is 25.7 Å². The number of phosphoric acid groups is 2. The van der Waals surface area contributed by atoms with Crippen LogP contribution in [0.5, 0.6) is 0 Å². The SMILES string of the molecule is CCCCCCCCCCCCCCCCCCCCCCCC(=O)OC[C@H](COP(=O)(O)OC[C@@H](O)COP(=O)(O)OC[C@@H](COC(=O)CCCCCCCCCCCC(C)C)OC(=O)CCCCCCCCCCCCCCCCC(C)CC)OC(=O)CCCCCCCCCCCCCCCCCCCCC(C)C. The molecule has 666 valence electrons. The molecule has 6 atom stereocenters. The third-order valence-corrected chi connectivity index (χ3v) is 24.1. The van der Waals surface area contributed by atoms with Gasteiger partial charge in [-0.15, -0.1) is 0 Å². The molecule has 0 aliphatic heterocycles. The Morgan fingerprint density at radius 1 is 0.259 bits per heavy atom. The van der Waals surface area contributed by atoms with E-state index in [0.717, 1.165) is 108 Å². The molecule has 0 aliphatic rings. The number of aliphatic hydroxyl groups is 1. The number of hydrogen-bond donors (Lipinski definition) is 3. The summed E-state index contributed by atoms with van der Waals surface area (Å²) in [6, 6.07) is 0. The van der Waals surface area contributed by atoms with Crippen LogP contribution in [0.15, 0.2) is 0 Å². The summed E-state index contributed by atoms with van der Waals surface area (Å²) in [5.74, 6) is 0.313. The number of esters is 4. The Morgan fingerprint density at radius 2 is 0.455 bits per heavy atom. The van der Waals surface area contributed by atoms with Gasteiger partial charge in [0, 0.05) is 25.7 Å². The number of hydrogen-bond acceptors (Lipinski definition) is 15. The lowest BCUT2D eigenvalue weighted by molar-refractivity contribution is -0.161. The van der Waals surface area contributed by atoms with Crippen LogP contribution in [0.2, 0.25) is 0 Å². The maximum absolute atomic E-state index is 13.2. The molecular weight excluding hydrogens is 1450 g/mol. The number of rotatable bonds is 91. The van der Waals surface area contributed by atoms with E-state index in [1.807, 2.05) is 0 Å². The lowest BCUT2D eigenvalue weighted by atomic mass is 9.99. The first kappa shape index (κ1) is 110. The fourth-order valence-electron chi connectivity index (χ4n) is 14.6. The largest absolute Gasteiger partial charge is 0.472 e. The number of aliphatic hydroxyl groups excluding tert-OH is 1. The van der Waals surface area contributed by atoms with E-state index in [9.17, 15) is 43.2 Å². The van der Waals surface area contributed by atoms with Crippen LogP contribution in [0.4, 0.5) is 0 Å². The second-order valence-corrected chi connectivity index (χ2v) is 37.5. The molecule has 0 aromatic carbocycles. The van der Waals surface area contributed by atoms with Gasteiger partial charge in [0.05, 0.1) is 26.4 Å². The summed E-state index contributed by atoms with van der Waals surface area (Å²) >= 11 is 0. The second-order valence-electron chi connectivity index (χ2n) is 34.6. The van der Waals surface area contributed by atoms with E-state index in [2.05, 4.69) is 48.5 Å². The fourth-order valence-corrected chi connectivity index (χ4v) is 16.2. The van der Waals surface area contributed by atoms with Gasteiger partial charge < -0.3 is 33.8 Å². The number of ether oxygens (including phenoxy) is 4. The molecule has 0 aliphatic carbocycles. The van der Waals surface area contributed by atoms with E-state index < -0.39 is 97.5 Å². The number of carbonyl (C=O) groups excluding carboxylic acids is 4. The first-order valence-electron chi connectivity index (χ1n) is 47.9. The zero-order chi connectivity index (χ0) is 82.2. The third kappa shape index (κ3) is 84.5. The lowest BCUT2D eigenvalue weighted by Crippen LogP contribution is -2.30. The van der Waals surface area contributed by atoms with Crippen LogP contribution in [-0.4, -0.2) is 96.7 Å². The van der Waals surface area contributed by atoms with Crippen LogP contribution < -0.4 is 0 Å². The average molecular weight is 1630 g/mol. The Balaban J connectivity index is 5.25. The van der Waals surface area contributed by atoms with Crippen molar-refractivity contribution in [3.8, 4) is 0 Å². The molecule has 17 nitrogen and oxygen atoms in total. The average Bonchev–Trinajstić information content (AvgIpc) is 0.895. The first-order valence-corrected chi connectivity index (χ1v) is 50.9. The van der Waals surface area contributed by atoms with Gasteiger partial charge in [-0.3, -0.25) is 37.3 Å². The van der Waals surface area contributed by atoms with Crippen LogP contribution in [0.1, 0.15) is 498 Å². The third-order valence-electron chi connectivity index (χ3n) is 22.2. The zero-order valence-corrected chi connectivity index (χ0v) is 75.9. The highest BCUT2D eigenvalue weighted by Crippen LogP contribution is 2.45. The van der Waals surface area contributed by atoms with Crippen molar-refractivity contribution in [1.82, 2.24) is 0 Å². The Hall–Kier alpha value is -1.94. The lowest BCUT2D eigenvalue weighted by Gasteiger charge is -2.21. The van der Waals surface area contributed by atoms with Gasteiger partial charge >= 0.3 is 39.5 Å². The maximum atomic E-state index is 13.2. The molecule has 0 aromatic heterocycles. The van der Waals surface area contributed by atoms with Gasteiger partial charge in [-0.25, -0.2) is 9.13 Å². The van der Waals surface area contributed by atoms with Gasteiger partial charge in [0.1, 0.15) is 19.3 Å². The molecule has 0 amide bonds. The molecule has 3 N–H and O–H groups in total. The van der Waals surface area contributed by atoms with Crippen molar-refractivity contribution in [2.45, 2.75) is 516 Å². The van der Waals surface area contributed by atoms with Crippen molar-refractivity contribution in [2.75, 3.05) is 39.6 Å². The van der Waals surface area contributed by atoms with Crippen molar-refractivity contribution in [1.29, 1.82) is 0 Å². The van der Waals surface area contributed by atoms with Gasteiger partial charge in [0.25, 0.3) is 0 Å². The Labute approximate surface area is 689 Å². The van der Waals surface area contributed by atoms with E-state index >= 15 is 0 Å². The first-order chi connectivity index (χ1) is 54.3. The van der Waals surface area contributed by atoms with E-state index in [1.54, 1.807) is 0 Å². The molecule has 0 rings (SSSR count). The summed E-state index contributed by atoms with van der Waals surface area (Å²) in [6.45, 7) is 12.1. The molecule has 3 unspecified atom stereocenters. The normalized spacial score (nSPS) is 14.0. The fraction of sp³-hybridized carbons (Fsp3) is 0.957. The minimum absolute atomic E-state index is 0.108. The summed E-state index contributed by atoms with van der Waals surface area (Å²) in [7, 11) is -9.94. The topological polar surface area (TPSA) is 237 Å². The maximum Gasteiger partial charge on any atom is 0.472 e. The molecule has 0 heterocycles. The summed E-state index contributed by atoms with van der Waals surface area (Å²) < 4.78 is 69.1. The smallest absolute Gasteiger partial charge is 0.462 e. The minimum atomic E-state index is -4.97. The molecule has 0 saturated carbocycles. The molecule has 19 heteroatoms. The predicted molar refractivity (Wildman–Crippen MR) is 465 cm³/mol. The van der Waals surface area contributed by atoms with E-state index in [-0.39, 0.29) is 25.7 Å². The highest BCUT2D eigenvalue weighted by Gasteiger charge is 2.31. The van der Waals surface area contributed by atoms with Crippen LogP contribution in [0, 0.1) is 17.8 Å². The van der Waals surface area contributed by atoms with Crippen LogP contribution in [0.25, 0.3) is 0 Å². The van der Waals surface area contributed by atoms with Gasteiger partial charge in [-0.2, -0.15) is 0 Å². The molecule has 0 fully saturated rings. The number of carbonyl (C=O) groups is 4. The molecule has 0 aromatic rings. The van der Waals surface area contributed by atoms with Gasteiger partial charge in [-0.05, 0) is 43.4 Å². The summed E-state index contributed by atoms with van der Waals surface area (Å²) in [4.78, 5) is 73.5. The van der Waals surface area contributed by atoms with Gasteiger partial charge in [0.15, 0.2) is 12.2 Å². The highest BCUT2D eigenvalue weighted by molar-refractivity contribution is 7.47. The van der Waals surface area contributed by atoms with Gasteiger partial charge in [-0.1, -0.05) is 447 Å². The van der Waals surface area contributed by atoms with Crippen molar-refractivity contribution in [2.24, 2.45) is 17.8 Å². The standard InChI is InChI=1S/C93H182O17P2/c1-8-10-11-12-13-14-15-16-17-18-19-20-21-25-28-34-39-46-53-60-67-74-90(95)103-80-88(109-92(97)76-69-62-55-47-40-35-29-26-23-22-24-27-32-37-43-50-57-64-71-84(3)4)82-107-111(99,100)105-78-87(94)79-106-112(101,102)108-83-89(81-104-91(96)75-68-61-54-49-42-44-51-58-65-72-85(5)6)110-93(98)77-70-63-56-48-41-36-31-30-33-38-45-52-59-66-73-86(7)9-2/h84-89,94H,8-83H2,1-7H3,(H,99,100)(H,101,102)/t86?,87-,88-,89-/m1/s1. The van der Waals surface area contributed by atoms with E-state index in [1.165, 1.54) is 308 Å². The Kier molecular flexibility index (Phi) is 81.3. The molecular formula is C93H182O17P2. The van der Waals surface area contributed by atoms with Gasteiger partial charge in [0.2, 0.25) is 0 Å². The minimum Gasteiger partial charge on any atom is -0.462 e. The predicted octanol–water partition coefficient (Wildman–Crippen LogP) is 28.8.